The fraction of sp³-hybridized carbons (Fsp3) is 0.706. The van der Waals surface area contributed by atoms with E-state index >= 15 is 0 Å². The zero-order valence-corrected chi connectivity index (χ0v) is 13.6. The molecule has 0 aliphatic heterocycles. The van der Waals surface area contributed by atoms with Crippen molar-refractivity contribution < 1.29 is 4.79 Å². The van der Waals surface area contributed by atoms with Crippen LogP contribution >= 0.6 is 0 Å². The molecule has 0 bridgehead atoms. The van der Waals surface area contributed by atoms with Gasteiger partial charge in [0.25, 0.3) is 0 Å². The van der Waals surface area contributed by atoms with Gasteiger partial charge in [0, 0.05) is 31.5 Å². The van der Waals surface area contributed by atoms with Crippen molar-refractivity contribution in [1.82, 2.24) is 14.8 Å². The minimum atomic E-state index is 0.201. The number of nitrogens with one attached hydrogen (secondary N) is 1. The van der Waals surface area contributed by atoms with Gasteiger partial charge in [-0.25, -0.2) is 0 Å². The van der Waals surface area contributed by atoms with Crippen LogP contribution in [-0.2, 0) is 11.3 Å². The van der Waals surface area contributed by atoms with Crippen LogP contribution in [0.5, 0.6) is 0 Å². The van der Waals surface area contributed by atoms with Crippen molar-refractivity contribution in [2.45, 2.75) is 52.6 Å². The van der Waals surface area contributed by atoms with Gasteiger partial charge in [0.15, 0.2) is 0 Å². The number of rotatable bonds is 9. The smallest absolute Gasteiger partial charge is 0.242 e. The number of carbonyl (C=O) groups excluding carboxylic acids is 1. The molecule has 2 rings (SSSR count). The molecule has 1 amide bonds. The molecule has 1 unspecified atom stereocenters. The fourth-order valence-corrected chi connectivity index (χ4v) is 2.86. The van der Waals surface area contributed by atoms with Crippen LogP contribution < -0.4 is 5.32 Å². The normalized spacial score (nSPS) is 16.0. The molecule has 4 nitrogen and oxygen atoms in total. The molecule has 1 atom stereocenters. The third-order valence-corrected chi connectivity index (χ3v) is 4.27. The second-order valence-corrected chi connectivity index (χ2v) is 5.95. The summed E-state index contributed by atoms with van der Waals surface area (Å²) in [5.74, 6) is 0.984. The summed E-state index contributed by atoms with van der Waals surface area (Å²) in [4.78, 5) is 14.0. The first-order chi connectivity index (χ1) is 10.2. The van der Waals surface area contributed by atoms with E-state index in [0.717, 1.165) is 32.0 Å². The molecule has 1 aromatic rings. The Bertz CT molecular complexity index is 447. The number of amides is 1. The number of nitrogens with zero attached hydrogens (tertiary/aromatic N) is 2. The molecule has 1 fully saturated rings. The Kier molecular flexibility index (Phi) is 5.85. The van der Waals surface area contributed by atoms with Crippen LogP contribution in [0, 0.1) is 5.92 Å². The van der Waals surface area contributed by atoms with Crippen LogP contribution in [0.1, 0.15) is 51.6 Å². The van der Waals surface area contributed by atoms with E-state index in [4.69, 9.17) is 0 Å². The molecular weight excluding hydrogens is 262 g/mol. The number of hydrogen-bond acceptors (Lipinski definition) is 2. The highest BCUT2D eigenvalue weighted by Gasteiger charge is 2.32. The molecule has 118 valence electrons. The highest BCUT2D eigenvalue weighted by molar-refractivity contribution is 5.75. The summed E-state index contributed by atoms with van der Waals surface area (Å²) in [5, 5.41) is 3.65. The Morgan fingerprint density at radius 3 is 2.67 bits per heavy atom. The molecule has 0 radical (unpaired) electrons. The largest absolute Gasteiger partial charge is 0.345 e. The summed E-state index contributed by atoms with van der Waals surface area (Å²) < 4.78 is 2.03. The van der Waals surface area contributed by atoms with Crippen molar-refractivity contribution in [3.8, 4) is 0 Å². The summed E-state index contributed by atoms with van der Waals surface area (Å²) >= 11 is 0. The lowest BCUT2D eigenvalue weighted by Gasteiger charge is -2.19. The Labute approximate surface area is 128 Å². The average Bonchev–Trinajstić information content (AvgIpc) is 3.21. The van der Waals surface area contributed by atoms with Gasteiger partial charge in [0.2, 0.25) is 5.91 Å². The highest BCUT2D eigenvalue weighted by atomic mass is 16.2. The van der Waals surface area contributed by atoms with E-state index in [2.05, 4.69) is 24.5 Å². The van der Waals surface area contributed by atoms with E-state index in [-0.39, 0.29) is 5.91 Å². The second kappa shape index (κ2) is 7.64. The van der Waals surface area contributed by atoms with Crippen LogP contribution in [0.2, 0.25) is 0 Å². The van der Waals surface area contributed by atoms with Gasteiger partial charge in [-0.05, 0) is 57.2 Å². The molecule has 1 aromatic heterocycles. The van der Waals surface area contributed by atoms with Crippen molar-refractivity contribution in [2.24, 2.45) is 5.92 Å². The SMILES string of the molecule is CCCNC(c1ccn(CC(=O)N(CC)CC)c1)C1CC1. The Hall–Kier alpha value is -1.29. The van der Waals surface area contributed by atoms with Gasteiger partial charge in [-0.2, -0.15) is 0 Å². The third kappa shape index (κ3) is 4.34. The second-order valence-electron chi connectivity index (χ2n) is 5.95. The zero-order valence-electron chi connectivity index (χ0n) is 13.6. The molecule has 21 heavy (non-hydrogen) atoms. The van der Waals surface area contributed by atoms with Crippen molar-refractivity contribution in [3.05, 3.63) is 24.0 Å². The topological polar surface area (TPSA) is 37.3 Å². The maximum Gasteiger partial charge on any atom is 0.242 e. The standard InChI is InChI=1S/C17H29N3O/c1-4-10-18-17(14-7-8-14)15-9-11-19(12-15)13-16(21)20(5-2)6-3/h9,11-12,14,17-18H,4-8,10,13H2,1-3H3. The third-order valence-electron chi connectivity index (χ3n) is 4.27. The molecule has 4 heteroatoms. The Morgan fingerprint density at radius 2 is 2.10 bits per heavy atom. The molecule has 1 aliphatic rings. The minimum Gasteiger partial charge on any atom is -0.345 e. The van der Waals surface area contributed by atoms with Crippen molar-refractivity contribution in [3.63, 3.8) is 0 Å². The van der Waals surface area contributed by atoms with Gasteiger partial charge >= 0.3 is 0 Å². The van der Waals surface area contributed by atoms with Gasteiger partial charge in [-0.15, -0.1) is 0 Å². The average molecular weight is 291 g/mol. The summed E-state index contributed by atoms with van der Waals surface area (Å²) in [5.41, 5.74) is 1.33. The summed E-state index contributed by atoms with van der Waals surface area (Å²) in [6, 6.07) is 2.64. The zero-order chi connectivity index (χ0) is 15.2. The molecule has 0 aromatic carbocycles. The van der Waals surface area contributed by atoms with E-state index < -0.39 is 0 Å². The molecular formula is C17H29N3O. The number of carbonyl (C=O) groups is 1. The van der Waals surface area contributed by atoms with Gasteiger partial charge in [0.05, 0.1) is 0 Å². The van der Waals surface area contributed by atoms with Crippen LogP contribution in [0.15, 0.2) is 18.5 Å². The maximum atomic E-state index is 12.2. The van der Waals surface area contributed by atoms with E-state index in [9.17, 15) is 4.79 Å². The van der Waals surface area contributed by atoms with Crippen molar-refractivity contribution in [2.75, 3.05) is 19.6 Å². The molecule has 1 saturated carbocycles. The van der Waals surface area contributed by atoms with Gasteiger partial charge in [-0.1, -0.05) is 6.92 Å². The highest BCUT2D eigenvalue weighted by Crippen LogP contribution is 2.41. The summed E-state index contributed by atoms with van der Waals surface area (Å²) in [7, 11) is 0. The number of likely N-dealkylation sites (N-methyl/N-ethyl adjacent to an activating group) is 1. The van der Waals surface area contributed by atoms with Crippen LogP contribution in [-0.4, -0.2) is 35.0 Å². The molecule has 1 N–H and O–H groups in total. The summed E-state index contributed by atoms with van der Waals surface area (Å²) in [6.45, 7) is 9.33. The van der Waals surface area contributed by atoms with Crippen LogP contribution in [0.25, 0.3) is 0 Å². The van der Waals surface area contributed by atoms with E-state index in [1.165, 1.54) is 18.4 Å². The quantitative estimate of drug-likeness (QED) is 0.759. The summed E-state index contributed by atoms with van der Waals surface area (Å²) in [6.07, 6.45) is 7.99. The van der Waals surface area contributed by atoms with Crippen molar-refractivity contribution in [1.29, 1.82) is 0 Å². The van der Waals surface area contributed by atoms with Gasteiger partial charge < -0.3 is 14.8 Å². The van der Waals surface area contributed by atoms with Gasteiger partial charge in [-0.3, -0.25) is 4.79 Å². The first-order valence-corrected chi connectivity index (χ1v) is 8.36. The van der Waals surface area contributed by atoms with Crippen molar-refractivity contribution >= 4 is 5.91 Å². The minimum absolute atomic E-state index is 0.201. The number of aromatic nitrogens is 1. The Morgan fingerprint density at radius 1 is 1.38 bits per heavy atom. The van der Waals surface area contributed by atoms with E-state index in [1.54, 1.807) is 0 Å². The van der Waals surface area contributed by atoms with Gasteiger partial charge in [0.1, 0.15) is 6.54 Å². The first kappa shape index (κ1) is 16.1. The first-order valence-electron chi connectivity index (χ1n) is 8.36. The maximum absolute atomic E-state index is 12.2. The van der Waals surface area contributed by atoms with Crippen LogP contribution in [0.4, 0.5) is 0 Å². The lowest BCUT2D eigenvalue weighted by Crippen LogP contribution is -2.33. The monoisotopic (exact) mass is 291 g/mol. The van der Waals surface area contributed by atoms with E-state index in [1.807, 2.05) is 29.5 Å². The molecule has 1 aliphatic carbocycles. The fourth-order valence-electron chi connectivity index (χ4n) is 2.86. The lowest BCUT2D eigenvalue weighted by molar-refractivity contribution is -0.131. The van der Waals surface area contributed by atoms with Crippen LogP contribution in [0.3, 0.4) is 0 Å². The predicted octanol–water partition coefficient (Wildman–Crippen LogP) is 2.81. The predicted molar refractivity (Wildman–Crippen MR) is 86.1 cm³/mol. The number of hydrogen-bond donors (Lipinski definition) is 1. The molecule has 0 spiro atoms. The molecule has 1 heterocycles. The molecule has 0 saturated heterocycles. The van der Waals surface area contributed by atoms with E-state index in [0.29, 0.717) is 12.6 Å². The Balaban J connectivity index is 1.97. The lowest BCUT2D eigenvalue weighted by atomic mass is 10.1.